The monoisotopic (exact) mass is 475 g/mol. The van der Waals surface area contributed by atoms with E-state index in [0.29, 0.717) is 5.02 Å². The SMILES string of the molecule is CN=C(/C=C\N)c1cccc(-c2nc3cc(C)c(CC(=O)O)c(-c4ccc(Cl)cc4)c3s2)c1. The van der Waals surface area contributed by atoms with E-state index < -0.39 is 5.97 Å². The van der Waals surface area contributed by atoms with Gasteiger partial charge in [0.05, 0.1) is 22.3 Å². The maximum absolute atomic E-state index is 11.6. The first kappa shape index (κ1) is 22.7. The van der Waals surface area contributed by atoms with Gasteiger partial charge in [-0.1, -0.05) is 41.9 Å². The third kappa shape index (κ3) is 4.67. The number of allylic oxidation sites excluding steroid dienone is 1. The molecule has 4 aromatic rings. The molecule has 0 amide bonds. The highest BCUT2D eigenvalue weighted by atomic mass is 35.5. The number of hydrogen-bond acceptors (Lipinski definition) is 5. The van der Waals surface area contributed by atoms with Crippen LogP contribution in [0.1, 0.15) is 16.7 Å². The van der Waals surface area contributed by atoms with Crippen molar-refractivity contribution < 1.29 is 9.90 Å². The fraction of sp³-hybridized carbons (Fsp3) is 0.115. The zero-order chi connectivity index (χ0) is 23.5. The number of hydrogen-bond donors (Lipinski definition) is 2. The van der Waals surface area contributed by atoms with E-state index in [0.717, 1.165) is 54.3 Å². The lowest BCUT2D eigenvalue weighted by Crippen LogP contribution is -2.04. The van der Waals surface area contributed by atoms with Gasteiger partial charge < -0.3 is 10.8 Å². The number of carbonyl (C=O) groups is 1. The van der Waals surface area contributed by atoms with Crippen molar-refractivity contribution in [2.45, 2.75) is 13.3 Å². The molecule has 33 heavy (non-hydrogen) atoms. The number of aromatic nitrogens is 1. The number of aryl methyl sites for hydroxylation is 1. The molecule has 0 unspecified atom stereocenters. The van der Waals surface area contributed by atoms with Crippen LogP contribution >= 0.6 is 22.9 Å². The zero-order valence-electron chi connectivity index (χ0n) is 18.2. The summed E-state index contributed by atoms with van der Waals surface area (Å²) < 4.78 is 0.950. The van der Waals surface area contributed by atoms with Crippen molar-refractivity contribution >= 4 is 44.8 Å². The van der Waals surface area contributed by atoms with E-state index in [9.17, 15) is 9.90 Å². The van der Waals surface area contributed by atoms with Crippen molar-refractivity contribution in [1.29, 1.82) is 0 Å². The highest BCUT2D eigenvalue weighted by molar-refractivity contribution is 7.22. The van der Waals surface area contributed by atoms with Gasteiger partial charge in [0.1, 0.15) is 5.01 Å². The molecule has 0 radical (unpaired) electrons. The Balaban J connectivity index is 1.93. The molecule has 0 aliphatic carbocycles. The van der Waals surface area contributed by atoms with Crippen LogP contribution in [-0.4, -0.2) is 28.8 Å². The minimum absolute atomic E-state index is 0.0653. The molecule has 0 atom stereocenters. The van der Waals surface area contributed by atoms with Crippen LogP contribution in [0.5, 0.6) is 0 Å². The third-order valence-corrected chi connectivity index (χ3v) is 6.76. The minimum Gasteiger partial charge on any atom is -0.481 e. The molecule has 1 heterocycles. The van der Waals surface area contributed by atoms with Crippen molar-refractivity contribution in [2.75, 3.05) is 7.05 Å². The van der Waals surface area contributed by atoms with Crippen molar-refractivity contribution in [1.82, 2.24) is 4.98 Å². The van der Waals surface area contributed by atoms with Gasteiger partial charge in [-0.15, -0.1) is 11.3 Å². The molecule has 5 nitrogen and oxygen atoms in total. The lowest BCUT2D eigenvalue weighted by molar-refractivity contribution is -0.136. The summed E-state index contributed by atoms with van der Waals surface area (Å²) in [6, 6.07) is 17.4. The summed E-state index contributed by atoms with van der Waals surface area (Å²) >= 11 is 7.65. The number of benzene rings is 3. The number of nitrogens with zero attached hydrogens (tertiary/aromatic N) is 2. The molecule has 0 aliphatic rings. The van der Waals surface area contributed by atoms with Gasteiger partial charge >= 0.3 is 5.97 Å². The number of nitrogens with two attached hydrogens (primary N) is 1. The molecule has 0 fully saturated rings. The largest absolute Gasteiger partial charge is 0.481 e. The molecule has 0 bridgehead atoms. The van der Waals surface area contributed by atoms with Gasteiger partial charge in [0, 0.05) is 28.8 Å². The minimum atomic E-state index is -0.871. The maximum Gasteiger partial charge on any atom is 0.307 e. The van der Waals surface area contributed by atoms with E-state index in [1.807, 2.05) is 61.5 Å². The first-order chi connectivity index (χ1) is 15.9. The molecule has 0 saturated heterocycles. The molecule has 0 spiro atoms. The Morgan fingerprint density at radius 2 is 1.94 bits per heavy atom. The van der Waals surface area contributed by atoms with Crippen LogP contribution in [0.4, 0.5) is 0 Å². The normalized spacial score (nSPS) is 12.0. The first-order valence-corrected chi connectivity index (χ1v) is 11.5. The average Bonchev–Trinajstić information content (AvgIpc) is 3.22. The molecule has 1 aromatic heterocycles. The summed E-state index contributed by atoms with van der Waals surface area (Å²) in [5.41, 5.74) is 12.6. The van der Waals surface area contributed by atoms with Gasteiger partial charge in [-0.2, -0.15) is 0 Å². The number of halogens is 1. The Labute approximate surface area is 200 Å². The van der Waals surface area contributed by atoms with Crippen LogP contribution in [-0.2, 0) is 11.2 Å². The van der Waals surface area contributed by atoms with E-state index in [1.54, 1.807) is 24.5 Å². The zero-order valence-corrected chi connectivity index (χ0v) is 19.7. The van der Waals surface area contributed by atoms with Gasteiger partial charge in [-0.25, -0.2) is 4.98 Å². The van der Waals surface area contributed by atoms with Crippen molar-refractivity contribution in [3.05, 3.63) is 88.6 Å². The molecular weight excluding hydrogens is 454 g/mol. The maximum atomic E-state index is 11.6. The fourth-order valence-electron chi connectivity index (χ4n) is 3.86. The number of thiazole rings is 1. The first-order valence-electron chi connectivity index (χ1n) is 10.3. The summed E-state index contributed by atoms with van der Waals surface area (Å²) in [6.45, 7) is 1.93. The van der Waals surface area contributed by atoms with E-state index in [-0.39, 0.29) is 6.42 Å². The Hall–Kier alpha value is -3.48. The van der Waals surface area contributed by atoms with Gasteiger partial charge in [0.15, 0.2) is 0 Å². The molecule has 3 N–H and O–H groups in total. The van der Waals surface area contributed by atoms with Crippen LogP contribution in [0.25, 0.3) is 31.9 Å². The number of aliphatic imine (C=N–C) groups is 1. The molecule has 7 heteroatoms. The molecule has 0 saturated carbocycles. The number of fused-ring (bicyclic) bond motifs is 1. The summed E-state index contributed by atoms with van der Waals surface area (Å²) in [4.78, 5) is 20.9. The Bertz CT molecular complexity index is 1410. The number of carboxylic acid groups (broad SMARTS) is 1. The van der Waals surface area contributed by atoms with Gasteiger partial charge in [0.25, 0.3) is 0 Å². The fourth-order valence-corrected chi connectivity index (χ4v) is 5.12. The predicted octanol–water partition coefficient (Wildman–Crippen LogP) is 6.11. The van der Waals surface area contributed by atoms with Crippen molar-refractivity contribution in [3.8, 4) is 21.7 Å². The van der Waals surface area contributed by atoms with E-state index in [4.69, 9.17) is 22.3 Å². The highest BCUT2D eigenvalue weighted by Crippen LogP contribution is 2.41. The molecule has 3 aromatic carbocycles. The summed E-state index contributed by atoms with van der Waals surface area (Å²) in [7, 11) is 1.73. The van der Waals surface area contributed by atoms with Gasteiger partial charge in [-0.05, 0) is 60.2 Å². The quantitative estimate of drug-likeness (QED) is 0.329. The van der Waals surface area contributed by atoms with Gasteiger partial charge in [0.2, 0.25) is 0 Å². The van der Waals surface area contributed by atoms with E-state index in [2.05, 4.69) is 4.99 Å². The summed E-state index contributed by atoms with van der Waals surface area (Å²) in [6.07, 6.45) is 3.17. The third-order valence-electron chi connectivity index (χ3n) is 5.37. The average molecular weight is 476 g/mol. The highest BCUT2D eigenvalue weighted by Gasteiger charge is 2.19. The number of rotatable bonds is 6. The Morgan fingerprint density at radius 1 is 1.18 bits per heavy atom. The predicted molar refractivity (Wildman–Crippen MR) is 137 cm³/mol. The topological polar surface area (TPSA) is 88.6 Å². The Morgan fingerprint density at radius 3 is 2.61 bits per heavy atom. The molecular formula is C26H22ClN3O2S. The van der Waals surface area contributed by atoms with Gasteiger partial charge in [-0.3, -0.25) is 9.79 Å². The number of carboxylic acids is 1. The second kappa shape index (κ2) is 9.57. The van der Waals surface area contributed by atoms with Crippen LogP contribution in [0.15, 0.2) is 71.9 Å². The van der Waals surface area contributed by atoms with Crippen LogP contribution in [0.2, 0.25) is 5.02 Å². The van der Waals surface area contributed by atoms with Crippen molar-refractivity contribution in [3.63, 3.8) is 0 Å². The molecule has 0 aliphatic heterocycles. The summed E-state index contributed by atoms with van der Waals surface area (Å²) in [5, 5.41) is 11.0. The standard InChI is InChI=1S/C26H22ClN3O2S/c1-15-12-22-25(24(20(15)14-23(31)32)16-6-8-19(27)9-7-16)33-26(30-22)18-5-3-4-17(13-18)21(29-2)10-11-28/h3-13H,14,28H2,1-2H3,(H,31,32)/b11-10-,29-21?. The van der Waals surface area contributed by atoms with E-state index >= 15 is 0 Å². The lowest BCUT2D eigenvalue weighted by atomic mass is 9.93. The number of aliphatic carboxylic acids is 1. The summed E-state index contributed by atoms with van der Waals surface area (Å²) in [5.74, 6) is -0.871. The molecule has 4 rings (SSSR count). The van der Waals surface area contributed by atoms with Crippen LogP contribution in [0.3, 0.4) is 0 Å². The second-order valence-electron chi connectivity index (χ2n) is 7.54. The van der Waals surface area contributed by atoms with Crippen LogP contribution in [0, 0.1) is 6.92 Å². The smallest absolute Gasteiger partial charge is 0.307 e. The second-order valence-corrected chi connectivity index (χ2v) is 8.98. The lowest BCUT2D eigenvalue weighted by Gasteiger charge is -2.13. The Kier molecular flexibility index (Phi) is 6.58. The van der Waals surface area contributed by atoms with Crippen LogP contribution < -0.4 is 5.73 Å². The van der Waals surface area contributed by atoms with E-state index in [1.165, 1.54) is 6.20 Å². The molecule has 166 valence electrons. The van der Waals surface area contributed by atoms with Crippen molar-refractivity contribution in [2.24, 2.45) is 10.7 Å².